The molecule has 0 radical (unpaired) electrons. The number of rotatable bonds is 8. The summed E-state index contributed by atoms with van der Waals surface area (Å²) in [4.78, 5) is 47.5. The zero-order valence-electron chi connectivity index (χ0n) is 16.0. The number of ether oxygens (including phenoxy) is 2. The van der Waals surface area contributed by atoms with Crippen LogP contribution in [0.4, 0.5) is 13.8 Å². The molecule has 0 spiro atoms. The Morgan fingerprint density at radius 2 is 1.83 bits per heavy atom. The number of carbonyl (C=O) groups excluding carboxylic acids is 4. The summed E-state index contributed by atoms with van der Waals surface area (Å²) in [7, 11) is 0. The molecule has 0 aliphatic heterocycles. The molecule has 8 nitrogen and oxygen atoms in total. The minimum atomic E-state index is -1.08. The van der Waals surface area contributed by atoms with E-state index in [4.69, 9.17) is 9.47 Å². The van der Waals surface area contributed by atoms with Gasteiger partial charge in [0.05, 0.1) is 17.2 Å². The lowest BCUT2D eigenvalue weighted by atomic mass is 10.2. The number of thiophene rings is 1. The molecule has 0 atom stereocenters. The lowest BCUT2D eigenvalue weighted by molar-refractivity contribution is -0.146. The number of esters is 2. The van der Waals surface area contributed by atoms with E-state index >= 15 is 0 Å². The third-order valence-electron chi connectivity index (χ3n) is 3.57. The van der Waals surface area contributed by atoms with Gasteiger partial charge in [-0.05, 0) is 37.6 Å². The predicted octanol–water partition coefficient (Wildman–Crippen LogP) is 2.42. The molecule has 30 heavy (non-hydrogen) atoms. The fourth-order valence-electron chi connectivity index (χ4n) is 2.23. The van der Waals surface area contributed by atoms with Crippen molar-refractivity contribution in [3.63, 3.8) is 0 Å². The van der Waals surface area contributed by atoms with E-state index in [1.165, 1.54) is 0 Å². The molecular weight excluding hydrogens is 422 g/mol. The molecule has 0 saturated carbocycles. The summed E-state index contributed by atoms with van der Waals surface area (Å²) in [5.74, 6) is -4.94. The standard InChI is InChI=1S/C19H18F2N2O6S/c1-3-28-19(27)17-10(2)6-15(30-17)23-14(24)9-29-16(25)8-22-18(26)12-5-4-11(20)7-13(12)21/h4-7H,3,8-9H2,1-2H3,(H,22,26)(H,23,24). The quantitative estimate of drug-likeness (QED) is 0.610. The molecule has 2 N–H and O–H groups in total. The van der Waals surface area contributed by atoms with Crippen molar-refractivity contribution in [3.8, 4) is 0 Å². The van der Waals surface area contributed by atoms with Crippen LogP contribution in [0.1, 0.15) is 32.5 Å². The molecule has 2 rings (SSSR count). The van der Waals surface area contributed by atoms with Crippen LogP contribution in [-0.2, 0) is 19.1 Å². The number of amides is 2. The average molecular weight is 440 g/mol. The first-order valence-electron chi connectivity index (χ1n) is 8.67. The summed E-state index contributed by atoms with van der Waals surface area (Å²) < 4.78 is 36.0. The van der Waals surface area contributed by atoms with Gasteiger partial charge in [0.2, 0.25) is 0 Å². The van der Waals surface area contributed by atoms with Crippen LogP contribution in [0.3, 0.4) is 0 Å². The van der Waals surface area contributed by atoms with E-state index in [0.29, 0.717) is 21.5 Å². The molecule has 0 fully saturated rings. The fourth-order valence-corrected chi connectivity index (χ4v) is 3.22. The van der Waals surface area contributed by atoms with Crippen molar-refractivity contribution >= 4 is 40.1 Å². The van der Waals surface area contributed by atoms with Gasteiger partial charge in [0, 0.05) is 6.07 Å². The van der Waals surface area contributed by atoms with Crippen LogP contribution in [0.25, 0.3) is 0 Å². The van der Waals surface area contributed by atoms with Crippen LogP contribution in [0.5, 0.6) is 0 Å². The van der Waals surface area contributed by atoms with E-state index in [1.807, 2.05) is 0 Å². The molecule has 1 aromatic carbocycles. The van der Waals surface area contributed by atoms with Gasteiger partial charge in [-0.3, -0.25) is 14.4 Å². The van der Waals surface area contributed by atoms with E-state index in [-0.39, 0.29) is 6.61 Å². The average Bonchev–Trinajstić information content (AvgIpc) is 3.04. The van der Waals surface area contributed by atoms with Crippen molar-refractivity contribution in [3.05, 3.63) is 51.9 Å². The summed E-state index contributed by atoms with van der Waals surface area (Å²) in [6.45, 7) is 2.33. The van der Waals surface area contributed by atoms with Crippen molar-refractivity contribution in [1.29, 1.82) is 0 Å². The van der Waals surface area contributed by atoms with Crippen LogP contribution in [0, 0.1) is 18.6 Å². The third-order valence-corrected chi connectivity index (χ3v) is 4.71. The van der Waals surface area contributed by atoms with Crippen LogP contribution in [0.2, 0.25) is 0 Å². The number of halogens is 2. The van der Waals surface area contributed by atoms with Crippen molar-refractivity contribution in [2.24, 2.45) is 0 Å². The molecule has 0 aliphatic carbocycles. The van der Waals surface area contributed by atoms with Crippen molar-refractivity contribution < 1.29 is 37.4 Å². The normalized spacial score (nSPS) is 10.3. The first-order chi connectivity index (χ1) is 14.2. The lowest BCUT2D eigenvalue weighted by Crippen LogP contribution is -2.32. The molecule has 1 heterocycles. The topological polar surface area (TPSA) is 111 Å². The molecule has 1 aromatic heterocycles. The second kappa shape index (κ2) is 10.4. The number of nitrogens with one attached hydrogen (secondary N) is 2. The second-order valence-corrected chi connectivity index (χ2v) is 6.91. The van der Waals surface area contributed by atoms with Crippen molar-refractivity contribution in [2.45, 2.75) is 13.8 Å². The smallest absolute Gasteiger partial charge is 0.348 e. The van der Waals surface area contributed by atoms with Crippen LogP contribution < -0.4 is 10.6 Å². The van der Waals surface area contributed by atoms with E-state index < -0.39 is 54.1 Å². The fraction of sp³-hybridized carbons (Fsp3) is 0.263. The number of anilines is 1. The number of hydrogen-bond donors (Lipinski definition) is 2. The molecule has 0 saturated heterocycles. The molecule has 0 bridgehead atoms. The Labute approximate surface area is 174 Å². The monoisotopic (exact) mass is 440 g/mol. The van der Waals surface area contributed by atoms with Crippen LogP contribution >= 0.6 is 11.3 Å². The van der Waals surface area contributed by atoms with Gasteiger partial charge < -0.3 is 20.1 Å². The first kappa shape index (κ1) is 22.9. The molecule has 0 unspecified atom stereocenters. The summed E-state index contributed by atoms with van der Waals surface area (Å²) >= 11 is 1.02. The molecule has 2 aromatic rings. The summed E-state index contributed by atoms with van der Waals surface area (Å²) in [6, 6.07) is 3.96. The highest BCUT2D eigenvalue weighted by atomic mass is 32.1. The van der Waals surface area contributed by atoms with Crippen LogP contribution in [0.15, 0.2) is 24.3 Å². The number of aryl methyl sites for hydroxylation is 1. The highest BCUT2D eigenvalue weighted by Crippen LogP contribution is 2.27. The van der Waals surface area contributed by atoms with Gasteiger partial charge in [0.15, 0.2) is 6.61 Å². The number of hydrogen-bond acceptors (Lipinski definition) is 7. The Balaban J connectivity index is 1.79. The Bertz CT molecular complexity index is 976. The van der Waals surface area contributed by atoms with Gasteiger partial charge in [-0.1, -0.05) is 0 Å². The SMILES string of the molecule is CCOC(=O)c1sc(NC(=O)COC(=O)CNC(=O)c2ccc(F)cc2F)cc1C. The van der Waals surface area contributed by atoms with Gasteiger partial charge in [0.25, 0.3) is 11.8 Å². The zero-order valence-corrected chi connectivity index (χ0v) is 16.9. The zero-order chi connectivity index (χ0) is 22.3. The summed E-state index contributed by atoms with van der Waals surface area (Å²) in [5, 5.41) is 4.96. The minimum absolute atomic E-state index is 0.220. The largest absolute Gasteiger partial charge is 0.462 e. The first-order valence-corrected chi connectivity index (χ1v) is 9.49. The highest BCUT2D eigenvalue weighted by Gasteiger charge is 2.17. The summed E-state index contributed by atoms with van der Waals surface area (Å²) in [5.41, 5.74) is 0.189. The molecule has 11 heteroatoms. The van der Waals surface area contributed by atoms with Gasteiger partial charge in [-0.15, -0.1) is 11.3 Å². The summed E-state index contributed by atoms with van der Waals surface area (Å²) in [6.07, 6.45) is 0. The third kappa shape index (κ3) is 6.34. The van der Waals surface area contributed by atoms with Gasteiger partial charge >= 0.3 is 11.9 Å². The Morgan fingerprint density at radius 3 is 2.50 bits per heavy atom. The number of benzene rings is 1. The molecular formula is C19H18F2N2O6S. The Kier molecular flexibility index (Phi) is 7.98. The Hall–Kier alpha value is -3.34. The van der Waals surface area contributed by atoms with Crippen molar-refractivity contribution in [2.75, 3.05) is 25.1 Å². The van der Waals surface area contributed by atoms with Gasteiger partial charge in [0.1, 0.15) is 23.1 Å². The maximum atomic E-state index is 13.5. The lowest BCUT2D eigenvalue weighted by Gasteiger charge is -2.07. The minimum Gasteiger partial charge on any atom is -0.462 e. The van der Waals surface area contributed by atoms with Gasteiger partial charge in [-0.25, -0.2) is 13.6 Å². The molecule has 0 aliphatic rings. The second-order valence-electron chi connectivity index (χ2n) is 5.86. The van der Waals surface area contributed by atoms with E-state index in [9.17, 15) is 28.0 Å². The maximum absolute atomic E-state index is 13.5. The molecule has 160 valence electrons. The Morgan fingerprint density at radius 1 is 1.10 bits per heavy atom. The number of carbonyl (C=O) groups is 4. The van der Waals surface area contributed by atoms with Gasteiger partial charge in [-0.2, -0.15) is 0 Å². The van der Waals surface area contributed by atoms with E-state index in [0.717, 1.165) is 23.5 Å². The van der Waals surface area contributed by atoms with E-state index in [1.54, 1.807) is 19.9 Å². The molecule has 2 amide bonds. The predicted molar refractivity (Wildman–Crippen MR) is 103 cm³/mol. The maximum Gasteiger partial charge on any atom is 0.348 e. The highest BCUT2D eigenvalue weighted by molar-refractivity contribution is 7.18. The van der Waals surface area contributed by atoms with E-state index in [2.05, 4.69) is 10.6 Å². The van der Waals surface area contributed by atoms with Crippen LogP contribution in [-0.4, -0.2) is 43.5 Å². The van der Waals surface area contributed by atoms with Crippen molar-refractivity contribution in [1.82, 2.24) is 5.32 Å².